The van der Waals surface area contributed by atoms with Crippen LogP contribution in [0.4, 0.5) is 0 Å². The van der Waals surface area contributed by atoms with Crippen molar-refractivity contribution in [2.75, 3.05) is 21.1 Å². The molecule has 4 atom stereocenters. The standard InChI is InChI=1S/C21H24ClN5OS/c1-26(2)20(28)17-10-16(17)13-4-6-14(7-5-13)19-23-12-24-21(25-19)29-18-9-8-15(22)11-27(18)3/h4-9,11-12,16-19H,10H2,1-3H3,(H,23,24,25)/t16-,17+,18?,19?/m1/s1. The largest absolute Gasteiger partial charge is 0.363 e. The van der Waals surface area contributed by atoms with Crippen molar-refractivity contribution in [3.8, 4) is 0 Å². The Bertz CT molecular complexity index is 908. The predicted octanol–water partition coefficient (Wildman–Crippen LogP) is 3.51. The van der Waals surface area contributed by atoms with Gasteiger partial charge in [0.05, 0.1) is 11.4 Å². The first-order valence-electron chi connectivity index (χ1n) is 9.53. The molecule has 29 heavy (non-hydrogen) atoms. The molecule has 4 rings (SSSR count). The van der Waals surface area contributed by atoms with E-state index in [0.29, 0.717) is 11.0 Å². The molecule has 0 saturated heterocycles. The zero-order valence-corrected chi connectivity index (χ0v) is 18.2. The van der Waals surface area contributed by atoms with Crippen LogP contribution in [-0.2, 0) is 4.79 Å². The van der Waals surface area contributed by atoms with E-state index in [9.17, 15) is 4.79 Å². The first-order valence-corrected chi connectivity index (χ1v) is 10.8. The summed E-state index contributed by atoms with van der Waals surface area (Å²) in [6, 6.07) is 8.35. The minimum atomic E-state index is -0.261. The van der Waals surface area contributed by atoms with Gasteiger partial charge in [0, 0.05) is 33.3 Å². The van der Waals surface area contributed by atoms with Crippen LogP contribution in [0, 0.1) is 5.92 Å². The number of aliphatic imine (C=N–C) groups is 2. The fourth-order valence-electron chi connectivity index (χ4n) is 3.51. The molecule has 3 aliphatic rings. The number of halogens is 1. The van der Waals surface area contributed by atoms with E-state index in [1.165, 1.54) is 5.56 Å². The third-order valence-electron chi connectivity index (χ3n) is 5.24. The number of carbonyl (C=O) groups is 1. The Morgan fingerprint density at radius 1 is 1.28 bits per heavy atom. The number of benzene rings is 1. The molecule has 6 nitrogen and oxygen atoms in total. The lowest BCUT2D eigenvalue weighted by atomic mass is 10.1. The van der Waals surface area contributed by atoms with Crippen LogP contribution >= 0.6 is 23.4 Å². The molecular formula is C21H24ClN5OS. The Balaban J connectivity index is 1.41. The van der Waals surface area contributed by atoms with Crippen LogP contribution in [0.3, 0.4) is 0 Å². The molecular weight excluding hydrogens is 406 g/mol. The first kappa shape index (κ1) is 20.0. The molecule has 1 N–H and O–H groups in total. The molecule has 0 aromatic heterocycles. The van der Waals surface area contributed by atoms with Crippen LogP contribution in [0.5, 0.6) is 0 Å². The maximum atomic E-state index is 12.1. The average Bonchev–Trinajstić information content (AvgIpc) is 3.51. The summed E-state index contributed by atoms with van der Waals surface area (Å²) in [6.45, 7) is 0. The Morgan fingerprint density at radius 3 is 2.69 bits per heavy atom. The van der Waals surface area contributed by atoms with Crippen LogP contribution in [0.1, 0.15) is 29.6 Å². The van der Waals surface area contributed by atoms with Gasteiger partial charge in [-0.25, -0.2) is 9.98 Å². The van der Waals surface area contributed by atoms with Gasteiger partial charge in [-0.2, -0.15) is 0 Å². The van der Waals surface area contributed by atoms with Crippen molar-refractivity contribution in [2.24, 2.45) is 15.9 Å². The van der Waals surface area contributed by atoms with Gasteiger partial charge in [-0.15, -0.1) is 0 Å². The van der Waals surface area contributed by atoms with Crippen molar-refractivity contribution in [1.29, 1.82) is 0 Å². The quantitative estimate of drug-likeness (QED) is 0.795. The highest BCUT2D eigenvalue weighted by Gasteiger charge is 2.44. The number of amides is 1. The maximum Gasteiger partial charge on any atom is 0.225 e. The molecule has 2 aliphatic heterocycles. The summed E-state index contributed by atoms with van der Waals surface area (Å²) in [7, 11) is 5.62. The summed E-state index contributed by atoms with van der Waals surface area (Å²) < 4.78 is 0. The second kappa shape index (κ2) is 8.24. The molecule has 0 radical (unpaired) electrons. The van der Waals surface area contributed by atoms with Crippen LogP contribution in [-0.4, -0.2) is 53.7 Å². The van der Waals surface area contributed by atoms with E-state index < -0.39 is 0 Å². The average molecular weight is 430 g/mol. The van der Waals surface area contributed by atoms with Crippen LogP contribution in [0.2, 0.25) is 0 Å². The molecule has 0 bridgehead atoms. The molecule has 1 aromatic rings. The van der Waals surface area contributed by atoms with Crippen molar-refractivity contribution in [2.45, 2.75) is 23.9 Å². The Kier molecular flexibility index (Phi) is 5.69. The number of thioether (sulfide) groups is 1. The number of likely N-dealkylation sites (N-methyl/N-ethyl adjacent to an activating group) is 1. The molecule has 1 amide bonds. The summed E-state index contributed by atoms with van der Waals surface area (Å²) in [6.07, 6.45) is 8.23. The summed E-state index contributed by atoms with van der Waals surface area (Å²) >= 11 is 7.65. The van der Waals surface area contributed by atoms with E-state index in [-0.39, 0.29) is 23.4 Å². The lowest BCUT2D eigenvalue weighted by Gasteiger charge is -2.27. The number of allylic oxidation sites excluding steroid dienone is 2. The zero-order chi connectivity index (χ0) is 20.5. The number of nitrogens with zero attached hydrogens (tertiary/aromatic N) is 4. The Morgan fingerprint density at radius 2 is 2.00 bits per heavy atom. The SMILES string of the molecule is CN(C)C(=O)[C@H]1C[C@@H]1c1ccc(C2N=CNC(SC3C=CC(Cl)=CN3C)=N2)cc1. The van der Waals surface area contributed by atoms with E-state index >= 15 is 0 Å². The molecule has 8 heteroatoms. The third-order valence-corrected chi connectivity index (χ3v) is 6.64. The Hall–Kier alpha value is -2.25. The van der Waals surface area contributed by atoms with Crippen molar-refractivity contribution in [3.63, 3.8) is 0 Å². The minimum Gasteiger partial charge on any atom is -0.363 e. The number of rotatable bonds is 4. The second-order valence-electron chi connectivity index (χ2n) is 7.63. The van der Waals surface area contributed by atoms with Crippen molar-refractivity contribution >= 4 is 40.8 Å². The zero-order valence-electron chi connectivity index (χ0n) is 16.6. The topological polar surface area (TPSA) is 60.3 Å². The highest BCUT2D eigenvalue weighted by molar-refractivity contribution is 8.14. The first-order chi connectivity index (χ1) is 13.9. The van der Waals surface area contributed by atoms with Gasteiger partial charge >= 0.3 is 0 Å². The molecule has 0 spiro atoms. The van der Waals surface area contributed by atoms with Gasteiger partial charge in [-0.05, 0) is 29.5 Å². The Labute approximate surface area is 180 Å². The van der Waals surface area contributed by atoms with Gasteiger partial charge in [0.25, 0.3) is 0 Å². The van der Waals surface area contributed by atoms with Crippen LogP contribution in [0.15, 0.2) is 57.6 Å². The van der Waals surface area contributed by atoms with Gasteiger partial charge in [0.15, 0.2) is 11.3 Å². The van der Waals surface area contributed by atoms with Crippen LogP contribution < -0.4 is 5.32 Å². The number of hydrogen-bond donors (Lipinski definition) is 1. The lowest BCUT2D eigenvalue weighted by Crippen LogP contribution is -2.31. The fraction of sp³-hybridized carbons (Fsp3) is 0.381. The predicted molar refractivity (Wildman–Crippen MR) is 120 cm³/mol. The van der Waals surface area contributed by atoms with E-state index in [4.69, 9.17) is 16.6 Å². The second-order valence-corrected chi connectivity index (χ2v) is 9.17. The van der Waals surface area contributed by atoms with E-state index in [1.54, 1.807) is 23.0 Å². The molecule has 152 valence electrons. The third kappa shape index (κ3) is 4.51. The van der Waals surface area contributed by atoms with E-state index in [0.717, 1.165) is 17.2 Å². The number of amidine groups is 1. The van der Waals surface area contributed by atoms with Crippen molar-refractivity contribution in [1.82, 2.24) is 15.1 Å². The highest BCUT2D eigenvalue weighted by atomic mass is 35.5. The van der Waals surface area contributed by atoms with Gasteiger partial charge in [-0.1, -0.05) is 53.7 Å². The van der Waals surface area contributed by atoms with E-state index in [2.05, 4.69) is 34.6 Å². The van der Waals surface area contributed by atoms with Gasteiger partial charge in [0.2, 0.25) is 5.91 Å². The normalized spacial score (nSPS) is 27.8. The van der Waals surface area contributed by atoms with Crippen LogP contribution in [0.25, 0.3) is 0 Å². The van der Waals surface area contributed by atoms with Gasteiger partial charge in [-0.3, -0.25) is 4.79 Å². The minimum absolute atomic E-state index is 0.122. The molecule has 1 aliphatic carbocycles. The summed E-state index contributed by atoms with van der Waals surface area (Å²) in [5.41, 5.74) is 2.25. The maximum absolute atomic E-state index is 12.1. The fourth-order valence-corrected chi connectivity index (χ4v) is 4.63. The lowest BCUT2D eigenvalue weighted by molar-refractivity contribution is -0.130. The number of hydrogen-bond acceptors (Lipinski definition) is 6. The molecule has 2 unspecified atom stereocenters. The molecule has 1 fully saturated rings. The number of carbonyl (C=O) groups excluding carboxylic acids is 1. The summed E-state index contributed by atoms with van der Waals surface area (Å²) in [4.78, 5) is 25.1. The van der Waals surface area contributed by atoms with Crippen molar-refractivity contribution in [3.05, 3.63) is 58.8 Å². The smallest absolute Gasteiger partial charge is 0.225 e. The number of nitrogens with one attached hydrogen (secondary N) is 1. The summed E-state index contributed by atoms with van der Waals surface area (Å²) in [5.74, 6) is 0.668. The van der Waals surface area contributed by atoms with Crippen molar-refractivity contribution < 1.29 is 4.79 Å². The summed E-state index contributed by atoms with van der Waals surface area (Å²) in [5, 5.41) is 4.79. The molecule has 1 aromatic carbocycles. The highest BCUT2D eigenvalue weighted by Crippen LogP contribution is 2.48. The van der Waals surface area contributed by atoms with Gasteiger partial charge < -0.3 is 15.1 Å². The molecule has 1 saturated carbocycles. The van der Waals surface area contributed by atoms with Gasteiger partial charge in [0.1, 0.15) is 5.37 Å². The molecule has 2 heterocycles. The van der Waals surface area contributed by atoms with E-state index in [1.807, 2.05) is 44.4 Å². The monoisotopic (exact) mass is 429 g/mol.